The van der Waals surface area contributed by atoms with Gasteiger partial charge < -0.3 is 4.57 Å². The summed E-state index contributed by atoms with van der Waals surface area (Å²) in [6, 6.07) is 7.04. The Morgan fingerprint density at radius 1 is 1.23 bits per heavy atom. The Morgan fingerprint density at radius 3 is 2.59 bits per heavy atom. The van der Waals surface area contributed by atoms with E-state index in [9.17, 15) is 4.79 Å². The Balaban J connectivity index is 2.32. The van der Waals surface area contributed by atoms with Crippen LogP contribution < -0.4 is 5.56 Å². The average Bonchev–Trinajstić information content (AvgIpc) is 2.92. The predicted octanol–water partition coefficient (Wildman–Crippen LogP) is 3.04. The van der Waals surface area contributed by atoms with Crippen molar-refractivity contribution in [3.63, 3.8) is 0 Å². The van der Waals surface area contributed by atoms with Gasteiger partial charge in [0.2, 0.25) is 0 Å². The van der Waals surface area contributed by atoms with Crippen molar-refractivity contribution < 1.29 is 0 Å². The SMILES string of the molecule is CCn1cnc2c(=O)n(-c3ccc(Cl)cc3)c(CCCl)nc21. The number of aromatic nitrogens is 4. The molecule has 0 spiro atoms. The third kappa shape index (κ3) is 2.51. The molecule has 0 amide bonds. The Kier molecular flexibility index (Phi) is 4.18. The topological polar surface area (TPSA) is 52.7 Å². The van der Waals surface area contributed by atoms with Gasteiger partial charge in [-0.05, 0) is 31.2 Å². The van der Waals surface area contributed by atoms with Gasteiger partial charge in [-0.25, -0.2) is 9.97 Å². The molecule has 3 rings (SSSR count). The van der Waals surface area contributed by atoms with Gasteiger partial charge in [-0.15, -0.1) is 11.6 Å². The minimum absolute atomic E-state index is 0.195. The lowest BCUT2D eigenvalue weighted by Crippen LogP contribution is -2.24. The maximum absolute atomic E-state index is 12.8. The van der Waals surface area contributed by atoms with E-state index >= 15 is 0 Å². The molecule has 1 aromatic carbocycles. The second kappa shape index (κ2) is 6.10. The van der Waals surface area contributed by atoms with Gasteiger partial charge in [-0.3, -0.25) is 9.36 Å². The Hall–Kier alpha value is -1.85. The molecule has 0 bridgehead atoms. The molecular formula is C15H14Cl2N4O. The van der Waals surface area contributed by atoms with Crippen molar-refractivity contribution in [3.05, 3.63) is 51.8 Å². The summed E-state index contributed by atoms with van der Waals surface area (Å²) in [5, 5.41) is 0.611. The third-order valence-corrected chi connectivity index (χ3v) is 3.89. The molecule has 0 atom stereocenters. The third-order valence-electron chi connectivity index (χ3n) is 3.45. The molecule has 0 aliphatic rings. The molecule has 114 valence electrons. The molecule has 0 radical (unpaired) electrons. The van der Waals surface area contributed by atoms with Crippen molar-refractivity contribution in [3.8, 4) is 5.69 Å². The van der Waals surface area contributed by atoms with Crippen LogP contribution in [0.5, 0.6) is 0 Å². The summed E-state index contributed by atoms with van der Waals surface area (Å²) >= 11 is 11.8. The summed E-state index contributed by atoms with van der Waals surface area (Å²) in [4.78, 5) is 21.6. The average molecular weight is 337 g/mol. The van der Waals surface area contributed by atoms with Crippen LogP contribution in [0.2, 0.25) is 5.02 Å². The van der Waals surface area contributed by atoms with Gasteiger partial charge in [-0.1, -0.05) is 11.6 Å². The van der Waals surface area contributed by atoms with Gasteiger partial charge >= 0.3 is 0 Å². The van der Waals surface area contributed by atoms with E-state index in [1.54, 1.807) is 35.2 Å². The first kappa shape index (κ1) is 15.1. The molecule has 22 heavy (non-hydrogen) atoms. The lowest BCUT2D eigenvalue weighted by Gasteiger charge is -2.12. The number of benzene rings is 1. The summed E-state index contributed by atoms with van der Waals surface area (Å²) in [6.07, 6.45) is 2.13. The van der Waals surface area contributed by atoms with Crippen LogP contribution in [0.4, 0.5) is 0 Å². The quantitative estimate of drug-likeness (QED) is 0.688. The summed E-state index contributed by atoms with van der Waals surface area (Å²) in [5.74, 6) is 0.997. The van der Waals surface area contributed by atoms with E-state index in [0.717, 1.165) is 0 Å². The maximum atomic E-state index is 12.8. The normalized spacial score (nSPS) is 11.2. The number of alkyl halides is 1. The molecule has 0 unspecified atom stereocenters. The van der Waals surface area contributed by atoms with Crippen LogP contribution in [-0.2, 0) is 13.0 Å². The Labute approximate surface area is 137 Å². The van der Waals surface area contributed by atoms with Crippen LogP contribution >= 0.6 is 23.2 Å². The van der Waals surface area contributed by atoms with Crippen LogP contribution in [0.15, 0.2) is 35.4 Å². The smallest absolute Gasteiger partial charge is 0.286 e. The van der Waals surface area contributed by atoms with Crippen LogP contribution in [-0.4, -0.2) is 25.0 Å². The zero-order valence-corrected chi connectivity index (χ0v) is 13.5. The summed E-state index contributed by atoms with van der Waals surface area (Å²) < 4.78 is 3.40. The highest BCUT2D eigenvalue weighted by atomic mass is 35.5. The predicted molar refractivity (Wildman–Crippen MR) is 88.2 cm³/mol. The van der Waals surface area contributed by atoms with E-state index in [-0.39, 0.29) is 5.56 Å². The molecule has 2 heterocycles. The van der Waals surface area contributed by atoms with Crippen molar-refractivity contribution in [2.75, 3.05) is 5.88 Å². The van der Waals surface area contributed by atoms with Crippen molar-refractivity contribution in [2.24, 2.45) is 0 Å². The summed E-state index contributed by atoms with van der Waals surface area (Å²) in [6.45, 7) is 2.68. The largest absolute Gasteiger partial charge is 0.315 e. The molecule has 0 saturated carbocycles. The first-order valence-electron chi connectivity index (χ1n) is 6.94. The summed E-state index contributed by atoms with van der Waals surface area (Å²) in [5.41, 5.74) is 1.46. The zero-order chi connectivity index (χ0) is 15.7. The van der Waals surface area contributed by atoms with Gasteiger partial charge in [0.1, 0.15) is 5.82 Å². The van der Waals surface area contributed by atoms with E-state index in [4.69, 9.17) is 23.2 Å². The van der Waals surface area contributed by atoms with E-state index in [1.807, 2.05) is 11.5 Å². The first-order valence-corrected chi connectivity index (χ1v) is 7.85. The van der Waals surface area contributed by atoms with Crippen LogP contribution in [0.25, 0.3) is 16.9 Å². The van der Waals surface area contributed by atoms with Crippen LogP contribution in [0.3, 0.4) is 0 Å². The van der Waals surface area contributed by atoms with Gasteiger partial charge in [0.15, 0.2) is 11.2 Å². The monoisotopic (exact) mass is 336 g/mol. The Bertz CT molecular complexity index is 868. The highest BCUT2D eigenvalue weighted by Crippen LogP contribution is 2.16. The number of halogens is 2. The van der Waals surface area contributed by atoms with Gasteiger partial charge in [0.05, 0.1) is 12.0 Å². The maximum Gasteiger partial charge on any atom is 0.286 e. The number of imidazole rings is 1. The van der Waals surface area contributed by atoms with E-state index in [1.165, 1.54) is 0 Å². The molecule has 0 saturated heterocycles. The molecule has 0 N–H and O–H groups in total. The fraction of sp³-hybridized carbons (Fsp3) is 0.267. The lowest BCUT2D eigenvalue weighted by molar-refractivity contribution is 0.763. The van der Waals surface area contributed by atoms with E-state index < -0.39 is 0 Å². The molecule has 0 aliphatic heterocycles. The minimum atomic E-state index is -0.195. The number of fused-ring (bicyclic) bond motifs is 1. The molecule has 3 aromatic rings. The lowest BCUT2D eigenvalue weighted by atomic mass is 10.3. The van der Waals surface area contributed by atoms with Gasteiger partial charge in [0, 0.05) is 23.9 Å². The number of hydrogen-bond acceptors (Lipinski definition) is 3. The second-order valence-electron chi connectivity index (χ2n) is 4.79. The fourth-order valence-electron chi connectivity index (χ4n) is 2.38. The summed E-state index contributed by atoms with van der Waals surface area (Å²) in [7, 11) is 0. The molecule has 0 aliphatic carbocycles. The van der Waals surface area contributed by atoms with Crippen molar-refractivity contribution in [1.82, 2.24) is 19.1 Å². The second-order valence-corrected chi connectivity index (χ2v) is 5.60. The molecular weight excluding hydrogens is 323 g/mol. The van der Waals surface area contributed by atoms with Crippen molar-refractivity contribution in [2.45, 2.75) is 19.9 Å². The number of aryl methyl sites for hydroxylation is 2. The number of nitrogens with zero attached hydrogens (tertiary/aromatic N) is 4. The molecule has 7 heteroatoms. The Morgan fingerprint density at radius 2 is 1.95 bits per heavy atom. The molecule has 2 aromatic heterocycles. The number of hydrogen-bond donors (Lipinski definition) is 0. The van der Waals surface area contributed by atoms with Crippen molar-refractivity contribution in [1.29, 1.82) is 0 Å². The highest BCUT2D eigenvalue weighted by Gasteiger charge is 2.16. The van der Waals surface area contributed by atoms with Crippen molar-refractivity contribution >= 4 is 34.4 Å². The minimum Gasteiger partial charge on any atom is -0.315 e. The molecule has 0 fully saturated rings. The molecule has 5 nitrogen and oxygen atoms in total. The van der Waals surface area contributed by atoms with E-state index in [0.29, 0.717) is 46.5 Å². The zero-order valence-electron chi connectivity index (χ0n) is 12.0. The number of rotatable bonds is 4. The van der Waals surface area contributed by atoms with Gasteiger partial charge in [-0.2, -0.15) is 0 Å². The highest BCUT2D eigenvalue weighted by molar-refractivity contribution is 6.30. The first-order chi connectivity index (χ1) is 10.7. The van der Waals surface area contributed by atoms with E-state index in [2.05, 4.69) is 9.97 Å². The fourth-order valence-corrected chi connectivity index (χ4v) is 2.67. The van der Waals surface area contributed by atoms with Gasteiger partial charge in [0.25, 0.3) is 5.56 Å². The standard InChI is InChI=1S/C15H14Cl2N4O/c1-2-20-9-18-13-14(20)19-12(7-8-16)21(15(13)22)11-5-3-10(17)4-6-11/h3-6,9H,2,7-8H2,1H3. The van der Waals surface area contributed by atoms with Crippen LogP contribution in [0.1, 0.15) is 12.7 Å². The van der Waals surface area contributed by atoms with Crippen LogP contribution in [0, 0.1) is 0 Å².